The fraction of sp³-hybridized carbons (Fsp3) is 0.538. The van der Waals surface area contributed by atoms with Gasteiger partial charge in [-0.15, -0.1) is 0 Å². The van der Waals surface area contributed by atoms with Gasteiger partial charge in [-0.25, -0.2) is 8.42 Å². The van der Waals surface area contributed by atoms with Gasteiger partial charge in [0.1, 0.15) is 0 Å². The maximum atomic E-state index is 11.9. The van der Waals surface area contributed by atoms with Crippen molar-refractivity contribution in [2.45, 2.75) is 37.0 Å². The molecule has 0 aromatic heterocycles. The summed E-state index contributed by atoms with van der Waals surface area (Å²) < 4.78 is 23.9. The highest BCUT2D eigenvalue weighted by Crippen LogP contribution is 2.27. The van der Waals surface area contributed by atoms with E-state index >= 15 is 0 Å². The topological polar surface area (TPSA) is 54.4 Å². The van der Waals surface area contributed by atoms with Crippen molar-refractivity contribution in [1.29, 1.82) is 0 Å². The van der Waals surface area contributed by atoms with Crippen LogP contribution in [0.1, 0.15) is 24.8 Å². The molecule has 1 aliphatic heterocycles. The minimum Gasteiger partial charge on any atom is -0.391 e. The second-order valence-electron chi connectivity index (χ2n) is 4.91. The lowest BCUT2D eigenvalue weighted by atomic mass is 10.0. The van der Waals surface area contributed by atoms with E-state index in [0.717, 1.165) is 12.0 Å². The fourth-order valence-corrected chi connectivity index (χ4v) is 4.95. The van der Waals surface area contributed by atoms with Crippen LogP contribution in [0.25, 0.3) is 0 Å². The Morgan fingerprint density at radius 1 is 1.32 bits per heavy atom. The third-order valence-corrected chi connectivity index (χ3v) is 6.42. The van der Waals surface area contributed by atoms with Crippen LogP contribution in [0.15, 0.2) is 18.2 Å². The number of halogens is 2. The Hall–Kier alpha value is -0.290. The van der Waals surface area contributed by atoms with Crippen LogP contribution in [-0.4, -0.2) is 30.6 Å². The normalized spacial score (nSPS) is 24.1. The minimum atomic E-state index is -3.18. The van der Waals surface area contributed by atoms with Gasteiger partial charge in [-0.2, -0.15) is 0 Å². The van der Waals surface area contributed by atoms with E-state index < -0.39 is 21.2 Å². The third-order valence-electron chi connectivity index (χ3n) is 3.50. The summed E-state index contributed by atoms with van der Waals surface area (Å²) >= 11 is 11.8. The maximum absolute atomic E-state index is 11.9. The number of sulfone groups is 1. The first-order chi connectivity index (χ1) is 8.90. The molecule has 0 bridgehead atoms. The molecule has 1 aliphatic rings. The Morgan fingerprint density at radius 3 is 2.68 bits per heavy atom. The summed E-state index contributed by atoms with van der Waals surface area (Å²) in [6.45, 7) is 0. The van der Waals surface area contributed by atoms with Crippen molar-refractivity contribution in [2.75, 3.05) is 5.75 Å². The van der Waals surface area contributed by atoms with E-state index in [1.165, 1.54) is 0 Å². The molecule has 0 saturated carbocycles. The summed E-state index contributed by atoms with van der Waals surface area (Å²) in [6.07, 6.45) is 1.38. The number of hydrogen-bond acceptors (Lipinski definition) is 3. The molecule has 1 aromatic rings. The van der Waals surface area contributed by atoms with Crippen molar-refractivity contribution in [3.8, 4) is 0 Å². The molecule has 2 rings (SSSR count). The van der Waals surface area contributed by atoms with Crippen LogP contribution in [0.5, 0.6) is 0 Å². The highest BCUT2D eigenvalue weighted by Gasteiger charge is 2.34. The first-order valence-corrected chi connectivity index (χ1v) is 8.71. The zero-order chi connectivity index (χ0) is 14.0. The van der Waals surface area contributed by atoms with Crippen LogP contribution in [-0.2, 0) is 16.3 Å². The molecule has 1 fully saturated rings. The van der Waals surface area contributed by atoms with Gasteiger partial charge in [0.15, 0.2) is 9.84 Å². The van der Waals surface area contributed by atoms with Crippen molar-refractivity contribution in [1.82, 2.24) is 0 Å². The number of benzene rings is 1. The summed E-state index contributed by atoms with van der Waals surface area (Å²) in [5.41, 5.74) is 0.722. The van der Waals surface area contributed by atoms with Gasteiger partial charge >= 0.3 is 0 Å². The Kier molecular flexibility index (Phi) is 4.77. The SMILES string of the molecule is O=S1(=O)CCCCC1C(O)Cc1ccc(Cl)cc1Cl. The molecule has 106 valence electrons. The van der Waals surface area contributed by atoms with Crippen LogP contribution in [0.4, 0.5) is 0 Å². The van der Waals surface area contributed by atoms with Gasteiger partial charge < -0.3 is 5.11 Å². The van der Waals surface area contributed by atoms with E-state index in [9.17, 15) is 13.5 Å². The van der Waals surface area contributed by atoms with Gasteiger partial charge in [0.25, 0.3) is 0 Å². The summed E-state index contributed by atoms with van der Waals surface area (Å²) in [5.74, 6) is 0.170. The Morgan fingerprint density at radius 2 is 2.05 bits per heavy atom. The lowest BCUT2D eigenvalue weighted by Crippen LogP contribution is -2.39. The van der Waals surface area contributed by atoms with E-state index in [4.69, 9.17) is 23.2 Å². The zero-order valence-electron chi connectivity index (χ0n) is 10.4. The second-order valence-corrected chi connectivity index (χ2v) is 8.09. The Bertz CT molecular complexity index is 557. The van der Waals surface area contributed by atoms with Crippen molar-refractivity contribution < 1.29 is 13.5 Å². The summed E-state index contributed by atoms with van der Waals surface area (Å²) in [6, 6.07) is 5.01. The standard InChI is InChI=1S/C13H16Cl2O3S/c14-10-5-4-9(11(15)8-10)7-12(16)13-3-1-2-6-19(13,17)18/h4-5,8,12-13,16H,1-3,6-7H2. The number of hydrogen-bond donors (Lipinski definition) is 1. The molecule has 0 spiro atoms. The van der Waals surface area contributed by atoms with Gasteiger partial charge in [0.05, 0.1) is 17.1 Å². The van der Waals surface area contributed by atoms with Gasteiger partial charge in [-0.1, -0.05) is 35.7 Å². The third kappa shape index (κ3) is 3.63. The second kappa shape index (κ2) is 6.00. The lowest BCUT2D eigenvalue weighted by molar-refractivity contribution is 0.162. The summed E-state index contributed by atoms with van der Waals surface area (Å²) in [5, 5.41) is 10.5. The van der Waals surface area contributed by atoms with Crippen LogP contribution in [0, 0.1) is 0 Å². The van der Waals surface area contributed by atoms with Gasteiger partial charge in [-0.3, -0.25) is 0 Å². The highest BCUT2D eigenvalue weighted by molar-refractivity contribution is 7.92. The fourth-order valence-electron chi connectivity index (χ4n) is 2.46. The van der Waals surface area contributed by atoms with E-state index in [2.05, 4.69) is 0 Å². The highest BCUT2D eigenvalue weighted by atomic mass is 35.5. The first kappa shape index (κ1) is 15.1. The summed E-state index contributed by atoms with van der Waals surface area (Å²) in [7, 11) is -3.18. The minimum absolute atomic E-state index is 0.170. The van der Waals surface area contributed by atoms with Gasteiger partial charge in [0, 0.05) is 16.5 Å². The van der Waals surface area contributed by atoms with Crippen molar-refractivity contribution in [3.63, 3.8) is 0 Å². The predicted molar refractivity (Wildman–Crippen MR) is 77.6 cm³/mol. The largest absolute Gasteiger partial charge is 0.391 e. The van der Waals surface area contributed by atoms with E-state index in [1.807, 2.05) is 0 Å². The van der Waals surface area contributed by atoms with E-state index in [1.54, 1.807) is 18.2 Å². The molecule has 2 unspecified atom stereocenters. The average Bonchev–Trinajstić information content (AvgIpc) is 2.32. The van der Waals surface area contributed by atoms with E-state index in [0.29, 0.717) is 22.9 Å². The van der Waals surface area contributed by atoms with Crippen LogP contribution in [0.2, 0.25) is 10.0 Å². The lowest BCUT2D eigenvalue weighted by Gasteiger charge is -2.26. The predicted octanol–water partition coefficient (Wildman–Crippen LogP) is 2.86. The van der Waals surface area contributed by atoms with E-state index in [-0.39, 0.29) is 12.2 Å². The van der Waals surface area contributed by atoms with Crippen molar-refractivity contribution >= 4 is 33.0 Å². The molecule has 1 N–H and O–H groups in total. The molecule has 0 aliphatic carbocycles. The van der Waals surface area contributed by atoms with Crippen molar-refractivity contribution in [2.24, 2.45) is 0 Å². The monoisotopic (exact) mass is 322 g/mol. The zero-order valence-corrected chi connectivity index (χ0v) is 12.7. The van der Waals surface area contributed by atoms with Crippen LogP contribution >= 0.6 is 23.2 Å². The summed E-state index contributed by atoms with van der Waals surface area (Å²) in [4.78, 5) is 0. The smallest absolute Gasteiger partial charge is 0.155 e. The molecule has 1 saturated heterocycles. The van der Waals surface area contributed by atoms with Gasteiger partial charge in [-0.05, 0) is 30.5 Å². The van der Waals surface area contributed by atoms with Crippen LogP contribution in [0.3, 0.4) is 0 Å². The molecule has 19 heavy (non-hydrogen) atoms. The van der Waals surface area contributed by atoms with Crippen molar-refractivity contribution in [3.05, 3.63) is 33.8 Å². The number of aliphatic hydroxyl groups excluding tert-OH is 1. The van der Waals surface area contributed by atoms with Gasteiger partial charge in [0.2, 0.25) is 0 Å². The molecule has 0 radical (unpaired) electrons. The first-order valence-electron chi connectivity index (χ1n) is 6.24. The van der Waals surface area contributed by atoms with Crippen LogP contribution < -0.4 is 0 Å². The molecule has 1 aromatic carbocycles. The molecular weight excluding hydrogens is 307 g/mol. The molecule has 6 heteroatoms. The molecule has 1 heterocycles. The Labute approximate surface area is 123 Å². The molecule has 0 amide bonds. The quantitative estimate of drug-likeness (QED) is 0.930. The Balaban J connectivity index is 2.14. The number of aliphatic hydroxyl groups is 1. The molecule has 3 nitrogen and oxygen atoms in total. The average molecular weight is 323 g/mol. The molecule has 2 atom stereocenters. The number of rotatable bonds is 3. The maximum Gasteiger partial charge on any atom is 0.155 e. The molecular formula is C13H16Cl2O3S.